The van der Waals surface area contributed by atoms with Gasteiger partial charge in [0.05, 0.1) is 0 Å². The lowest BCUT2D eigenvalue weighted by Crippen LogP contribution is -2.16. The minimum Gasteiger partial charge on any atom is -0.317 e. The standard InChI is InChI=1S/C13H12F2N4O/c1-7-2-3-9(14)12(11(7)15)18-13(20)8-4-5-17-10(6-8)19-16/h2-6H,16H2,1H3,(H,17,19)(H,18,20). The summed E-state index contributed by atoms with van der Waals surface area (Å²) in [5.74, 6) is 3.14. The highest BCUT2D eigenvalue weighted by Crippen LogP contribution is 2.22. The number of nitrogens with zero attached hydrogens (tertiary/aromatic N) is 1. The molecule has 1 heterocycles. The molecule has 0 saturated heterocycles. The molecular formula is C13H12F2N4O. The van der Waals surface area contributed by atoms with Gasteiger partial charge >= 0.3 is 0 Å². The lowest BCUT2D eigenvalue weighted by Gasteiger charge is -2.09. The van der Waals surface area contributed by atoms with Gasteiger partial charge < -0.3 is 10.7 Å². The van der Waals surface area contributed by atoms with E-state index in [-0.39, 0.29) is 16.9 Å². The number of anilines is 2. The van der Waals surface area contributed by atoms with Gasteiger partial charge in [0.2, 0.25) is 0 Å². The van der Waals surface area contributed by atoms with Crippen LogP contribution in [0.2, 0.25) is 0 Å². The number of pyridine rings is 1. The van der Waals surface area contributed by atoms with Crippen LogP contribution in [0.25, 0.3) is 0 Å². The molecule has 0 spiro atoms. The van der Waals surface area contributed by atoms with E-state index in [1.165, 1.54) is 31.3 Å². The summed E-state index contributed by atoms with van der Waals surface area (Å²) in [6, 6.07) is 5.15. The fourth-order valence-electron chi connectivity index (χ4n) is 1.61. The molecule has 0 aliphatic heterocycles. The molecule has 1 amide bonds. The maximum Gasteiger partial charge on any atom is 0.256 e. The number of amides is 1. The number of nitrogens with two attached hydrogens (primary N) is 1. The Morgan fingerprint density at radius 3 is 2.75 bits per heavy atom. The molecule has 4 N–H and O–H groups in total. The SMILES string of the molecule is Cc1ccc(F)c(NC(=O)c2ccnc(NN)c2)c1F. The molecule has 7 heteroatoms. The molecule has 0 bridgehead atoms. The summed E-state index contributed by atoms with van der Waals surface area (Å²) in [6.07, 6.45) is 1.35. The van der Waals surface area contributed by atoms with Gasteiger partial charge in [-0.2, -0.15) is 0 Å². The number of aromatic nitrogens is 1. The van der Waals surface area contributed by atoms with Gasteiger partial charge in [-0.05, 0) is 30.7 Å². The molecule has 1 aromatic carbocycles. The third-order valence-corrected chi connectivity index (χ3v) is 2.69. The van der Waals surface area contributed by atoms with Crippen LogP contribution in [0.15, 0.2) is 30.5 Å². The van der Waals surface area contributed by atoms with Crippen LogP contribution in [-0.2, 0) is 0 Å². The number of carbonyl (C=O) groups excluding carboxylic acids is 1. The maximum atomic E-state index is 13.8. The number of hydrogen-bond donors (Lipinski definition) is 3. The zero-order valence-electron chi connectivity index (χ0n) is 10.6. The smallest absolute Gasteiger partial charge is 0.256 e. The summed E-state index contributed by atoms with van der Waals surface area (Å²) in [4.78, 5) is 15.8. The van der Waals surface area contributed by atoms with Crippen LogP contribution >= 0.6 is 0 Å². The van der Waals surface area contributed by atoms with Crippen molar-refractivity contribution in [2.45, 2.75) is 6.92 Å². The van der Waals surface area contributed by atoms with Crippen LogP contribution in [0.3, 0.4) is 0 Å². The van der Waals surface area contributed by atoms with E-state index >= 15 is 0 Å². The second-order valence-electron chi connectivity index (χ2n) is 4.08. The summed E-state index contributed by atoms with van der Waals surface area (Å²) >= 11 is 0. The molecule has 0 saturated carbocycles. The van der Waals surface area contributed by atoms with E-state index in [0.29, 0.717) is 0 Å². The molecule has 5 nitrogen and oxygen atoms in total. The Balaban J connectivity index is 2.30. The highest BCUT2D eigenvalue weighted by atomic mass is 19.1. The summed E-state index contributed by atoms with van der Waals surface area (Å²) < 4.78 is 27.3. The number of hydrazine groups is 1. The van der Waals surface area contributed by atoms with E-state index in [1.807, 2.05) is 0 Å². The van der Waals surface area contributed by atoms with Crippen molar-refractivity contribution in [1.82, 2.24) is 4.98 Å². The third kappa shape index (κ3) is 2.72. The van der Waals surface area contributed by atoms with E-state index in [0.717, 1.165) is 6.07 Å². The molecule has 1 aromatic heterocycles. The van der Waals surface area contributed by atoms with Gasteiger partial charge in [-0.15, -0.1) is 0 Å². The Bertz CT molecular complexity index is 661. The largest absolute Gasteiger partial charge is 0.317 e. The zero-order valence-corrected chi connectivity index (χ0v) is 10.6. The van der Waals surface area contributed by atoms with E-state index < -0.39 is 23.2 Å². The van der Waals surface area contributed by atoms with Crippen LogP contribution in [0.1, 0.15) is 15.9 Å². The molecule has 0 aliphatic carbocycles. The van der Waals surface area contributed by atoms with Gasteiger partial charge in [-0.3, -0.25) is 4.79 Å². The van der Waals surface area contributed by atoms with Crippen molar-refractivity contribution in [2.75, 3.05) is 10.7 Å². The Labute approximate surface area is 113 Å². The quantitative estimate of drug-likeness (QED) is 0.594. The zero-order chi connectivity index (χ0) is 14.7. The molecule has 0 atom stereocenters. The maximum absolute atomic E-state index is 13.8. The van der Waals surface area contributed by atoms with E-state index in [1.54, 1.807) is 0 Å². The number of nitrogens with one attached hydrogen (secondary N) is 2. The summed E-state index contributed by atoms with van der Waals surface area (Å²) in [5.41, 5.74) is 2.21. The van der Waals surface area contributed by atoms with Crippen LogP contribution in [0, 0.1) is 18.6 Å². The first kappa shape index (κ1) is 13.9. The van der Waals surface area contributed by atoms with Crippen molar-refractivity contribution < 1.29 is 13.6 Å². The Morgan fingerprint density at radius 1 is 1.30 bits per heavy atom. The molecule has 2 aromatic rings. The molecule has 0 unspecified atom stereocenters. The van der Waals surface area contributed by atoms with Crippen molar-refractivity contribution in [3.63, 3.8) is 0 Å². The summed E-state index contributed by atoms with van der Waals surface area (Å²) in [7, 11) is 0. The lowest BCUT2D eigenvalue weighted by atomic mass is 10.2. The predicted molar refractivity (Wildman–Crippen MR) is 71.1 cm³/mol. The summed E-state index contributed by atoms with van der Waals surface area (Å²) in [6.45, 7) is 1.48. The Morgan fingerprint density at radius 2 is 2.05 bits per heavy atom. The normalized spacial score (nSPS) is 10.2. The van der Waals surface area contributed by atoms with E-state index in [4.69, 9.17) is 5.84 Å². The van der Waals surface area contributed by atoms with Gasteiger partial charge in [0.1, 0.15) is 17.3 Å². The first-order chi connectivity index (χ1) is 9.52. The van der Waals surface area contributed by atoms with E-state index in [9.17, 15) is 13.6 Å². The topological polar surface area (TPSA) is 80.0 Å². The van der Waals surface area contributed by atoms with Crippen molar-refractivity contribution >= 4 is 17.4 Å². The van der Waals surface area contributed by atoms with Crippen LogP contribution < -0.4 is 16.6 Å². The first-order valence-corrected chi connectivity index (χ1v) is 5.71. The second-order valence-corrected chi connectivity index (χ2v) is 4.08. The number of carbonyl (C=O) groups is 1. The highest BCUT2D eigenvalue weighted by Gasteiger charge is 2.15. The van der Waals surface area contributed by atoms with E-state index in [2.05, 4.69) is 15.7 Å². The highest BCUT2D eigenvalue weighted by molar-refractivity contribution is 6.04. The molecule has 0 aliphatic rings. The van der Waals surface area contributed by atoms with Crippen LogP contribution in [0.5, 0.6) is 0 Å². The van der Waals surface area contributed by atoms with Gasteiger partial charge in [0.25, 0.3) is 5.91 Å². The molecule has 0 fully saturated rings. The minimum absolute atomic E-state index is 0.174. The van der Waals surface area contributed by atoms with Crippen molar-refractivity contribution in [2.24, 2.45) is 5.84 Å². The molecule has 20 heavy (non-hydrogen) atoms. The van der Waals surface area contributed by atoms with Gasteiger partial charge in [-0.25, -0.2) is 19.6 Å². The third-order valence-electron chi connectivity index (χ3n) is 2.69. The van der Waals surface area contributed by atoms with Crippen molar-refractivity contribution in [1.29, 1.82) is 0 Å². The average Bonchev–Trinajstić information content (AvgIpc) is 2.47. The second kappa shape index (κ2) is 5.62. The number of aryl methyl sites for hydroxylation is 1. The van der Waals surface area contributed by atoms with Crippen molar-refractivity contribution in [3.05, 3.63) is 53.2 Å². The fraction of sp³-hybridized carbons (Fsp3) is 0.0769. The first-order valence-electron chi connectivity index (χ1n) is 5.71. The summed E-state index contributed by atoms with van der Waals surface area (Å²) in [5, 5.41) is 2.20. The number of nitrogen functional groups attached to an aromatic ring is 1. The average molecular weight is 278 g/mol. The molecule has 0 radical (unpaired) electrons. The van der Waals surface area contributed by atoms with Crippen molar-refractivity contribution in [3.8, 4) is 0 Å². The van der Waals surface area contributed by atoms with Crippen LogP contribution in [0.4, 0.5) is 20.3 Å². The molecule has 104 valence electrons. The number of benzene rings is 1. The monoisotopic (exact) mass is 278 g/mol. The Hall–Kier alpha value is -2.54. The number of rotatable bonds is 3. The lowest BCUT2D eigenvalue weighted by molar-refractivity contribution is 0.102. The number of hydrogen-bond acceptors (Lipinski definition) is 4. The predicted octanol–water partition coefficient (Wildman–Crippen LogP) is 2.21. The fourth-order valence-corrected chi connectivity index (χ4v) is 1.61. The minimum atomic E-state index is -0.840. The number of halogens is 2. The van der Waals surface area contributed by atoms with Crippen LogP contribution in [-0.4, -0.2) is 10.9 Å². The van der Waals surface area contributed by atoms with Gasteiger partial charge in [0, 0.05) is 11.8 Å². The Kier molecular flexibility index (Phi) is 3.90. The molecule has 2 rings (SSSR count). The van der Waals surface area contributed by atoms with Gasteiger partial charge in [0.15, 0.2) is 5.82 Å². The van der Waals surface area contributed by atoms with Gasteiger partial charge in [-0.1, -0.05) is 6.07 Å². The molecular weight excluding hydrogens is 266 g/mol.